The van der Waals surface area contributed by atoms with E-state index >= 15 is 0 Å². The summed E-state index contributed by atoms with van der Waals surface area (Å²) in [5.74, 6) is -0.440. The number of amides is 2. The maximum Gasteiger partial charge on any atom is 0.247 e. The van der Waals surface area contributed by atoms with Gasteiger partial charge < -0.3 is 10.6 Å². The van der Waals surface area contributed by atoms with E-state index in [9.17, 15) is 9.59 Å². The average molecular weight is 361 g/mol. The van der Waals surface area contributed by atoms with Crippen LogP contribution < -0.4 is 10.6 Å². The molecule has 2 N–H and O–H groups in total. The fourth-order valence-corrected chi connectivity index (χ4v) is 2.95. The third-order valence-electron chi connectivity index (χ3n) is 4.39. The van der Waals surface area contributed by atoms with Gasteiger partial charge in [0.25, 0.3) is 0 Å². The molecule has 3 aromatic rings. The predicted octanol–water partition coefficient (Wildman–Crippen LogP) is 3.56. The number of fused-ring (bicyclic) bond motifs is 1. The van der Waals surface area contributed by atoms with Crippen LogP contribution in [0.25, 0.3) is 10.8 Å². The number of carbonyl (C=O) groups excluding carboxylic acids is 2. The average Bonchev–Trinajstić information content (AvgIpc) is 2.66. The first-order chi connectivity index (χ1) is 13.0. The van der Waals surface area contributed by atoms with Gasteiger partial charge in [0, 0.05) is 18.1 Å². The number of aromatic nitrogens is 1. The second-order valence-corrected chi connectivity index (χ2v) is 6.87. The van der Waals surface area contributed by atoms with Gasteiger partial charge in [0.2, 0.25) is 11.8 Å². The van der Waals surface area contributed by atoms with E-state index in [1.165, 1.54) is 0 Å². The molecule has 2 aromatic carbocycles. The van der Waals surface area contributed by atoms with E-state index < -0.39 is 6.04 Å². The molecule has 1 heterocycles. The highest BCUT2D eigenvalue weighted by Gasteiger charge is 2.24. The van der Waals surface area contributed by atoms with Crippen LogP contribution in [0.4, 0.5) is 5.69 Å². The highest BCUT2D eigenvalue weighted by molar-refractivity contribution is 5.97. The van der Waals surface area contributed by atoms with Crippen molar-refractivity contribution in [2.45, 2.75) is 26.3 Å². The van der Waals surface area contributed by atoms with Gasteiger partial charge in [-0.05, 0) is 34.4 Å². The Morgan fingerprint density at radius 2 is 1.67 bits per heavy atom. The summed E-state index contributed by atoms with van der Waals surface area (Å²) >= 11 is 0. The lowest BCUT2D eigenvalue weighted by Gasteiger charge is -2.21. The summed E-state index contributed by atoms with van der Waals surface area (Å²) in [6, 6.07) is 16.8. The molecule has 0 bridgehead atoms. The van der Waals surface area contributed by atoms with E-state index in [1.54, 1.807) is 24.5 Å². The van der Waals surface area contributed by atoms with E-state index in [4.69, 9.17) is 0 Å². The molecule has 1 atom stereocenters. The molecule has 27 heavy (non-hydrogen) atoms. The van der Waals surface area contributed by atoms with Gasteiger partial charge in [-0.1, -0.05) is 56.3 Å². The number of nitrogens with zero attached hydrogens (tertiary/aromatic N) is 1. The van der Waals surface area contributed by atoms with Crippen LogP contribution in [0.15, 0.2) is 67.0 Å². The topological polar surface area (TPSA) is 71.1 Å². The smallest absolute Gasteiger partial charge is 0.247 e. The molecule has 5 nitrogen and oxygen atoms in total. The summed E-state index contributed by atoms with van der Waals surface area (Å²) < 4.78 is 0. The van der Waals surface area contributed by atoms with Crippen molar-refractivity contribution in [2.75, 3.05) is 5.32 Å². The number of hydrogen-bond donors (Lipinski definition) is 2. The Bertz CT molecular complexity index is 938. The maximum atomic E-state index is 12.6. The minimum absolute atomic E-state index is 0.0348. The lowest BCUT2D eigenvalue weighted by atomic mass is 10.0. The molecule has 0 spiro atoms. The lowest BCUT2D eigenvalue weighted by molar-refractivity contribution is -0.127. The Hall–Kier alpha value is -3.21. The van der Waals surface area contributed by atoms with Gasteiger partial charge in [0.15, 0.2) is 0 Å². The highest BCUT2D eigenvalue weighted by Crippen LogP contribution is 2.16. The monoisotopic (exact) mass is 361 g/mol. The molecular formula is C22H23N3O2. The van der Waals surface area contributed by atoms with Crippen molar-refractivity contribution in [1.82, 2.24) is 10.3 Å². The number of carbonyl (C=O) groups is 2. The Labute approximate surface area is 158 Å². The molecule has 0 aliphatic heterocycles. The van der Waals surface area contributed by atoms with Crippen LogP contribution in [0.1, 0.15) is 19.4 Å². The third-order valence-corrected chi connectivity index (χ3v) is 4.39. The fraction of sp³-hybridized carbons (Fsp3) is 0.227. The predicted molar refractivity (Wildman–Crippen MR) is 107 cm³/mol. The fourth-order valence-electron chi connectivity index (χ4n) is 2.95. The number of benzene rings is 2. The molecule has 3 rings (SSSR count). The first kappa shape index (κ1) is 18.6. The van der Waals surface area contributed by atoms with Crippen LogP contribution in [0.3, 0.4) is 0 Å². The summed E-state index contributed by atoms with van der Waals surface area (Å²) in [4.78, 5) is 29.0. The standard InChI is InChI=1S/C22H23N3O2/c1-15(2)21(22(27)24-19-9-11-23-12-10-19)25-20(26)14-16-7-8-17-5-3-4-6-18(17)13-16/h3-13,15,21H,14H2,1-2H3,(H,25,26)(H,23,24,27). The molecule has 1 unspecified atom stereocenters. The van der Waals surface area contributed by atoms with Crippen molar-refractivity contribution < 1.29 is 9.59 Å². The Morgan fingerprint density at radius 3 is 2.37 bits per heavy atom. The normalized spacial score (nSPS) is 12.0. The van der Waals surface area contributed by atoms with E-state index in [1.807, 2.05) is 56.3 Å². The summed E-state index contributed by atoms with van der Waals surface area (Å²) in [7, 11) is 0. The van der Waals surface area contributed by atoms with Crippen molar-refractivity contribution in [3.8, 4) is 0 Å². The molecule has 0 saturated carbocycles. The largest absolute Gasteiger partial charge is 0.344 e. The van der Waals surface area contributed by atoms with Gasteiger partial charge in [-0.15, -0.1) is 0 Å². The molecule has 0 aliphatic carbocycles. The SMILES string of the molecule is CC(C)C(NC(=O)Cc1ccc2ccccc2c1)C(=O)Nc1ccncc1. The van der Waals surface area contributed by atoms with Crippen LogP contribution in [0, 0.1) is 5.92 Å². The quantitative estimate of drug-likeness (QED) is 0.705. The Kier molecular flexibility index (Phi) is 5.81. The molecule has 0 radical (unpaired) electrons. The van der Waals surface area contributed by atoms with Gasteiger partial charge in [0.1, 0.15) is 6.04 Å². The second-order valence-electron chi connectivity index (χ2n) is 6.87. The summed E-state index contributed by atoms with van der Waals surface area (Å²) in [5.41, 5.74) is 1.58. The molecule has 2 amide bonds. The Balaban J connectivity index is 1.66. The van der Waals surface area contributed by atoms with Crippen LogP contribution in [0.5, 0.6) is 0 Å². The van der Waals surface area contributed by atoms with Crippen molar-refractivity contribution in [2.24, 2.45) is 5.92 Å². The van der Waals surface area contributed by atoms with Crippen molar-refractivity contribution >= 4 is 28.3 Å². The van der Waals surface area contributed by atoms with E-state index in [0.717, 1.165) is 16.3 Å². The van der Waals surface area contributed by atoms with Crippen molar-refractivity contribution in [3.05, 3.63) is 72.6 Å². The maximum absolute atomic E-state index is 12.6. The van der Waals surface area contributed by atoms with E-state index in [2.05, 4.69) is 15.6 Å². The summed E-state index contributed by atoms with van der Waals surface area (Å²) in [6.45, 7) is 3.82. The van der Waals surface area contributed by atoms with Crippen LogP contribution in [0.2, 0.25) is 0 Å². The number of hydrogen-bond acceptors (Lipinski definition) is 3. The van der Waals surface area contributed by atoms with Crippen LogP contribution in [-0.2, 0) is 16.0 Å². The Morgan fingerprint density at radius 1 is 0.963 bits per heavy atom. The van der Waals surface area contributed by atoms with Crippen molar-refractivity contribution in [3.63, 3.8) is 0 Å². The minimum atomic E-state index is -0.605. The first-order valence-corrected chi connectivity index (χ1v) is 9.01. The zero-order valence-corrected chi connectivity index (χ0v) is 15.5. The van der Waals surface area contributed by atoms with Crippen LogP contribution in [-0.4, -0.2) is 22.8 Å². The summed E-state index contributed by atoms with van der Waals surface area (Å²) in [6.07, 6.45) is 3.45. The van der Waals surface area contributed by atoms with E-state index in [0.29, 0.717) is 5.69 Å². The van der Waals surface area contributed by atoms with Gasteiger partial charge >= 0.3 is 0 Å². The van der Waals surface area contributed by atoms with Gasteiger partial charge in [-0.25, -0.2) is 0 Å². The first-order valence-electron chi connectivity index (χ1n) is 9.01. The van der Waals surface area contributed by atoms with Gasteiger partial charge in [-0.2, -0.15) is 0 Å². The third kappa shape index (κ3) is 4.91. The van der Waals surface area contributed by atoms with Gasteiger partial charge in [-0.3, -0.25) is 14.6 Å². The van der Waals surface area contributed by atoms with Crippen LogP contribution >= 0.6 is 0 Å². The number of pyridine rings is 1. The molecule has 0 aliphatic rings. The zero-order valence-electron chi connectivity index (χ0n) is 15.5. The molecule has 1 aromatic heterocycles. The molecular weight excluding hydrogens is 338 g/mol. The molecule has 0 saturated heterocycles. The molecule has 5 heteroatoms. The molecule has 138 valence electrons. The number of nitrogens with one attached hydrogen (secondary N) is 2. The zero-order chi connectivity index (χ0) is 19.2. The minimum Gasteiger partial charge on any atom is -0.344 e. The highest BCUT2D eigenvalue weighted by atomic mass is 16.2. The van der Waals surface area contributed by atoms with Crippen molar-refractivity contribution in [1.29, 1.82) is 0 Å². The van der Waals surface area contributed by atoms with E-state index in [-0.39, 0.29) is 24.2 Å². The second kappa shape index (κ2) is 8.45. The lowest BCUT2D eigenvalue weighted by Crippen LogP contribution is -2.47. The number of rotatable bonds is 6. The van der Waals surface area contributed by atoms with Gasteiger partial charge in [0.05, 0.1) is 6.42 Å². The number of anilines is 1. The summed E-state index contributed by atoms with van der Waals surface area (Å²) in [5, 5.41) is 7.92. The molecule has 0 fully saturated rings.